The van der Waals surface area contributed by atoms with Gasteiger partial charge in [0, 0.05) is 29.4 Å². The number of ketones is 1. The van der Waals surface area contributed by atoms with E-state index in [0.717, 1.165) is 33.2 Å². The Kier molecular flexibility index (Phi) is 9.38. The molecule has 0 aliphatic carbocycles. The molecule has 2 amide bonds. The molecule has 1 fully saturated rings. The van der Waals surface area contributed by atoms with E-state index < -0.39 is 23.5 Å². The number of hydrogen-bond acceptors (Lipinski definition) is 5. The lowest BCUT2D eigenvalue weighted by Gasteiger charge is -2.37. The smallest absolute Gasteiger partial charge is 0.243 e. The number of fused-ring (bicyclic) bond motifs is 1. The molecule has 46 heavy (non-hydrogen) atoms. The molecule has 8 heteroatoms. The van der Waals surface area contributed by atoms with E-state index >= 15 is 0 Å². The number of nitrogens with one attached hydrogen (secondary N) is 2. The Morgan fingerprint density at radius 3 is 1.96 bits per heavy atom. The molecule has 4 N–H and O–H groups in total. The zero-order valence-corrected chi connectivity index (χ0v) is 26.4. The molecule has 1 aliphatic heterocycles. The lowest BCUT2D eigenvalue weighted by molar-refractivity contribution is -0.140. The molecule has 0 spiro atoms. The minimum atomic E-state index is -1.21. The Morgan fingerprint density at radius 1 is 0.848 bits per heavy atom. The zero-order valence-electron chi connectivity index (χ0n) is 25.5. The average Bonchev–Trinajstić information content (AvgIpc) is 3.76. The van der Waals surface area contributed by atoms with Gasteiger partial charge in [0.25, 0.3) is 0 Å². The van der Waals surface area contributed by atoms with Crippen LogP contribution < -0.4 is 11.1 Å². The minimum Gasteiger partial charge on any atom is -0.361 e. The van der Waals surface area contributed by atoms with Crippen molar-refractivity contribution in [3.63, 3.8) is 0 Å². The molecule has 7 nitrogen and oxygen atoms in total. The highest BCUT2D eigenvalue weighted by atomic mass is 32.1. The van der Waals surface area contributed by atoms with E-state index in [9.17, 15) is 14.4 Å². The van der Waals surface area contributed by atoms with Gasteiger partial charge in [-0.25, -0.2) is 0 Å². The number of likely N-dealkylation sites (tertiary alicyclic amines) is 1. The van der Waals surface area contributed by atoms with Gasteiger partial charge in [0.15, 0.2) is 5.78 Å². The molecular weight excluding hydrogens is 593 g/mol. The van der Waals surface area contributed by atoms with E-state index in [1.807, 2.05) is 121 Å². The number of aromatic amines is 1. The fourth-order valence-corrected chi connectivity index (χ4v) is 7.11. The molecule has 5 aromatic rings. The third-order valence-electron chi connectivity index (χ3n) is 9.08. The fourth-order valence-electron chi connectivity index (χ4n) is 6.86. The number of nitrogens with two attached hydrogens (primary N) is 1. The van der Waals surface area contributed by atoms with Crippen molar-refractivity contribution in [3.05, 3.63) is 144 Å². The monoisotopic (exact) mass is 630 g/mol. The Morgan fingerprint density at radius 2 is 1.39 bits per heavy atom. The summed E-state index contributed by atoms with van der Waals surface area (Å²) in [6.45, 7) is 0.431. The summed E-state index contributed by atoms with van der Waals surface area (Å²) in [5.41, 5.74) is 9.56. The number of amides is 2. The number of hydrogen-bond donors (Lipinski definition) is 4. The van der Waals surface area contributed by atoms with Gasteiger partial charge in [-0.2, -0.15) is 12.6 Å². The van der Waals surface area contributed by atoms with Crippen molar-refractivity contribution in [2.45, 2.75) is 42.8 Å². The first-order chi connectivity index (χ1) is 22.4. The van der Waals surface area contributed by atoms with Crippen LogP contribution in [0.25, 0.3) is 10.9 Å². The van der Waals surface area contributed by atoms with E-state index in [0.29, 0.717) is 25.8 Å². The Hall–Kier alpha value is -4.66. The van der Waals surface area contributed by atoms with E-state index in [1.54, 1.807) is 4.90 Å². The largest absolute Gasteiger partial charge is 0.361 e. The van der Waals surface area contributed by atoms with E-state index in [-0.39, 0.29) is 23.4 Å². The van der Waals surface area contributed by atoms with Gasteiger partial charge in [0.1, 0.15) is 11.5 Å². The van der Waals surface area contributed by atoms with Gasteiger partial charge in [-0.15, -0.1) is 0 Å². The Balaban J connectivity index is 1.27. The quantitative estimate of drug-likeness (QED) is 0.121. The van der Waals surface area contributed by atoms with E-state index in [2.05, 4.69) is 22.9 Å². The van der Waals surface area contributed by atoms with Crippen molar-refractivity contribution in [3.8, 4) is 0 Å². The van der Waals surface area contributed by atoms with E-state index in [4.69, 9.17) is 5.73 Å². The number of thiol groups is 1. The van der Waals surface area contributed by atoms with Crippen LogP contribution in [0.2, 0.25) is 0 Å². The maximum absolute atomic E-state index is 15.0. The van der Waals surface area contributed by atoms with E-state index in [1.165, 1.54) is 0 Å². The van der Waals surface area contributed by atoms with Crippen LogP contribution in [0.4, 0.5) is 0 Å². The Labute approximate surface area is 274 Å². The number of H-pyrrole nitrogens is 1. The highest BCUT2D eigenvalue weighted by molar-refractivity contribution is 7.80. The molecule has 1 aliphatic rings. The molecular formula is C38H38N4O3S. The summed E-state index contributed by atoms with van der Waals surface area (Å²) in [6.07, 6.45) is 3.39. The number of para-hydroxylation sites is 1. The van der Waals surface area contributed by atoms with Gasteiger partial charge in [0.2, 0.25) is 11.8 Å². The van der Waals surface area contributed by atoms with Crippen molar-refractivity contribution < 1.29 is 14.4 Å². The van der Waals surface area contributed by atoms with Crippen molar-refractivity contribution in [2.75, 3.05) is 12.3 Å². The molecule has 0 bridgehead atoms. The summed E-state index contributed by atoms with van der Waals surface area (Å²) in [4.78, 5) is 47.4. The standard InChI is InChI=1S/C38H38N4O3S/c39-31(23-26-24-40-32-20-11-10-19-30(26)32)37(45)42-22-12-21-34(42)36(44)41-33(25-46)35(43)38(27-13-4-1-5-14-27,28-15-6-2-7-16-28)29-17-8-3-9-18-29/h1-11,13-20,24,31,33-34,40,46H,12,21-23,25,39H2,(H,41,44)/t31-,33-,34-/m0/s1. The highest BCUT2D eigenvalue weighted by Gasteiger charge is 2.47. The summed E-state index contributed by atoms with van der Waals surface area (Å²) in [7, 11) is 0. The maximum Gasteiger partial charge on any atom is 0.243 e. The second kappa shape index (κ2) is 13.8. The van der Waals surface area contributed by atoms with Crippen LogP contribution in [0.1, 0.15) is 35.1 Å². The second-order valence-electron chi connectivity index (χ2n) is 11.8. The zero-order chi connectivity index (χ0) is 32.1. The molecule has 1 saturated heterocycles. The average molecular weight is 631 g/mol. The van der Waals surface area contributed by atoms with Crippen LogP contribution in [-0.4, -0.2) is 57.9 Å². The normalized spacial score (nSPS) is 16.2. The minimum absolute atomic E-state index is 0.0829. The number of carbonyl (C=O) groups is 3. The van der Waals surface area contributed by atoms with Gasteiger partial charge in [-0.3, -0.25) is 14.4 Å². The topological polar surface area (TPSA) is 108 Å². The first-order valence-electron chi connectivity index (χ1n) is 15.7. The predicted octanol–water partition coefficient (Wildman–Crippen LogP) is 5.05. The lowest BCUT2D eigenvalue weighted by atomic mass is 9.65. The summed E-state index contributed by atoms with van der Waals surface area (Å²) in [5.74, 6) is -0.768. The maximum atomic E-state index is 15.0. The number of nitrogens with zero attached hydrogens (tertiary/aromatic N) is 1. The van der Waals surface area contributed by atoms with Crippen LogP contribution in [-0.2, 0) is 26.2 Å². The van der Waals surface area contributed by atoms with Crippen LogP contribution in [0.15, 0.2) is 121 Å². The van der Waals surface area contributed by atoms with Crippen LogP contribution in [0.3, 0.4) is 0 Å². The number of rotatable bonds is 11. The third kappa shape index (κ3) is 5.86. The van der Waals surface area contributed by atoms with Crippen molar-refractivity contribution in [2.24, 2.45) is 5.73 Å². The van der Waals surface area contributed by atoms with Gasteiger partial charge < -0.3 is 20.9 Å². The summed E-state index contributed by atoms with van der Waals surface area (Å²) < 4.78 is 0. The van der Waals surface area contributed by atoms with Gasteiger partial charge in [-0.05, 0) is 47.6 Å². The van der Waals surface area contributed by atoms with Crippen LogP contribution >= 0.6 is 12.6 Å². The van der Waals surface area contributed by atoms with Gasteiger partial charge in [0.05, 0.1) is 12.1 Å². The Bertz CT molecular complexity index is 1710. The van der Waals surface area contributed by atoms with Crippen LogP contribution in [0.5, 0.6) is 0 Å². The highest BCUT2D eigenvalue weighted by Crippen LogP contribution is 2.41. The SMILES string of the molecule is N[C@@H](Cc1c[nH]c2ccccc12)C(=O)N1CCC[C@H]1C(=O)N[C@@H](CS)C(=O)C(c1ccccc1)(c1ccccc1)c1ccccc1. The summed E-state index contributed by atoms with van der Waals surface area (Å²) in [6, 6.07) is 34.3. The van der Waals surface area contributed by atoms with Crippen molar-refractivity contribution >= 4 is 41.1 Å². The summed E-state index contributed by atoms with van der Waals surface area (Å²) in [5, 5.41) is 4.04. The number of carbonyl (C=O) groups excluding carboxylic acids is 3. The number of benzene rings is 4. The molecule has 3 atom stereocenters. The predicted molar refractivity (Wildman–Crippen MR) is 185 cm³/mol. The molecule has 234 valence electrons. The second-order valence-corrected chi connectivity index (χ2v) is 12.2. The van der Waals surface area contributed by atoms with Crippen molar-refractivity contribution in [1.82, 2.24) is 15.2 Å². The molecule has 0 saturated carbocycles. The van der Waals surface area contributed by atoms with Crippen molar-refractivity contribution in [1.29, 1.82) is 0 Å². The lowest BCUT2D eigenvalue weighted by Crippen LogP contribution is -2.57. The first kappa shape index (κ1) is 31.3. The number of aromatic nitrogens is 1. The molecule has 1 aromatic heterocycles. The third-order valence-corrected chi connectivity index (χ3v) is 9.44. The molecule has 0 radical (unpaired) electrons. The molecule has 2 heterocycles. The van der Waals surface area contributed by atoms with Gasteiger partial charge in [-0.1, -0.05) is 109 Å². The van der Waals surface area contributed by atoms with Crippen LogP contribution in [0, 0.1) is 0 Å². The summed E-state index contributed by atoms with van der Waals surface area (Å²) >= 11 is 4.58. The fraction of sp³-hybridized carbons (Fsp3) is 0.237. The molecule has 6 rings (SSSR count). The number of Topliss-reactive ketones (excluding diaryl/α,β-unsaturated/α-hetero) is 1. The molecule has 0 unspecified atom stereocenters. The molecule has 4 aromatic carbocycles. The van der Waals surface area contributed by atoms with Gasteiger partial charge >= 0.3 is 0 Å². The first-order valence-corrected chi connectivity index (χ1v) is 16.3.